The van der Waals surface area contributed by atoms with Crippen molar-refractivity contribution in [3.63, 3.8) is 0 Å². The number of anilines is 1. The molecule has 0 amide bonds. The lowest BCUT2D eigenvalue weighted by Gasteiger charge is -2.35. The minimum Gasteiger partial charge on any atom is -0.383 e. The molecule has 0 unspecified atom stereocenters. The summed E-state index contributed by atoms with van der Waals surface area (Å²) in [6.07, 6.45) is 1.77. The molecule has 6 heteroatoms. The van der Waals surface area contributed by atoms with Crippen LogP contribution < -0.4 is 4.90 Å². The molecule has 2 heterocycles. The van der Waals surface area contributed by atoms with Gasteiger partial charge in [0.25, 0.3) is 0 Å². The molecule has 3 rings (SSSR count). The van der Waals surface area contributed by atoms with Gasteiger partial charge >= 0.3 is 0 Å². The van der Waals surface area contributed by atoms with E-state index in [1.54, 1.807) is 19.4 Å². The Bertz CT molecular complexity index is 688. The third kappa shape index (κ3) is 3.01. The van der Waals surface area contributed by atoms with Crippen molar-refractivity contribution in [2.45, 2.75) is 0 Å². The van der Waals surface area contributed by atoms with Gasteiger partial charge in [-0.25, -0.2) is 9.97 Å². The highest BCUT2D eigenvalue weighted by atomic mass is 16.5. The fourth-order valence-corrected chi connectivity index (χ4v) is 2.70. The summed E-state index contributed by atoms with van der Waals surface area (Å²) in [4.78, 5) is 13.7. The van der Waals surface area contributed by atoms with E-state index in [4.69, 9.17) is 10.00 Å². The maximum Gasteiger partial charge on any atom is 0.147 e. The molecular weight excluding hydrogens is 278 g/mol. The molecule has 114 valence electrons. The van der Waals surface area contributed by atoms with E-state index in [1.165, 1.54) is 0 Å². The lowest BCUT2D eigenvalue weighted by molar-refractivity contribution is 0.144. The van der Waals surface area contributed by atoms with E-state index in [0.717, 1.165) is 50.7 Å². The number of nitrogens with zero attached hydrogens (tertiary/aromatic N) is 5. The van der Waals surface area contributed by atoms with Gasteiger partial charge in [0.2, 0.25) is 0 Å². The van der Waals surface area contributed by atoms with Crippen LogP contribution in [0.2, 0.25) is 0 Å². The van der Waals surface area contributed by atoms with Crippen LogP contribution in [0.1, 0.15) is 5.56 Å². The molecule has 0 N–H and O–H groups in total. The van der Waals surface area contributed by atoms with Gasteiger partial charge in [-0.15, -0.1) is 0 Å². The first kappa shape index (κ1) is 14.7. The van der Waals surface area contributed by atoms with Crippen molar-refractivity contribution in [1.82, 2.24) is 14.9 Å². The summed E-state index contributed by atoms with van der Waals surface area (Å²) in [5, 5.41) is 9.11. The summed E-state index contributed by atoms with van der Waals surface area (Å²) in [5.74, 6) is 0.883. The Morgan fingerprint density at radius 2 is 2.09 bits per heavy atom. The molecular formula is C16H19N5O. The first-order chi connectivity index (χ1) is 10.8. The summed E-state index contributed by atoms with van der Waals surface area (Å²) in [7, 11) is 1.73. The van der Waals surface area contributed by atoms with Gasteiger partial charge in [-0.1, -0.05) is 6.07 Å². The zero-order valence-electron chi connectivity index (χ0n) is 12.7. The first-order valence-corrected chi connectivity index (χ1v) is 7.44. The normalized spacial score (nSPS) is 15.9. The second kappa shape index (κ2) is 6.69. The predicted octanol–water partition coefficient (Wildman–Crippen LogP) is 1.27. The largest absolute Gasteiger partial charge is 0.383 e. The van der Waals surface area contributed by atoms with Crippen LogP contribution in [0.3, 0.4) is 0 Å². The van der Waals surface area contributed by atoms with Crippen LogP contribution in [-0.4, -0.2) is 61.3 Å². The van der Waals surface area contributed by atoms with Crippen molar-refractivity contribution >= 4 is 16.9 Å². The molecule has 0 bridgehead atoms. The van der Waals surface area contributed by atoms with Gasteiger partial charge in [-0.2, -0.15) is 5.26 Å². The standard InChI is InChI=1S/C16H19N5O/c1-22-10-9-20-5-7-21(8-6-20)15-12-18-16-13(11-17)3-2-4-14(16)19-15/h2-4,12H,5-10H2,1H3. The van der Waals surface area contributed by atoms with Crippen LogP contribution in [0, 0.1) is 11.3 Å². The molecule has 0 atom stereocenters. The highest BCUT2D eigenvalue weighted by molar-refractivity contribution is 5.81. The van der Waals surface area contributed by atoms with Crippen LogP contribution in [-0.2, 0) is 4.74 Å². The monoisotopic (exact) mass is 297 g/mol. The molecule has 1 saturated heterocycles. The minimum absolute atomic E-state index is 0.570. The van der Waals surface area contributed by atoms with E-state index in [0.29, 0.717) is 11.1 Å². The molecule has 1 aliphatic rings. The second-order valence-electron chi connectivity index (χ2n) is 5.33. The predicted molar refractivity (Wildman–Crippen MR) is 84.8 cm³/mol. The number of para-hydroxylation sites is 1. The van der Waals surface area contributed by atoms with Crippen LogP contribution in [0.15, 0.2) is 24.4 Å². The van der Waals surface area contributed by atoms with Gasteiger partial charge in [-0.3, -0.25) is 4.90 Å². The van der Waals surface area contributed by atoms with E-state index >= 15 is 0 Å². The van der Waals surface area contributed by atoms with Gasteiger partial charge in [0.15, 0.2) is 0 Å². The molecule has 0 spiro atoms. The molecule has 0 saturated carbocycles. The van der Waals surface area contributed by atoms with Crippen LogP contribution in [0.25, 0.3) is 11.0 Å². The Labute approximate surface area is 129 Å². The van der Waals surface area contributed by atoms with E-state index in [-0.39, 0.29) is 0 Å². The zero-order valence-corrected chi connectivity index (χ0v) is 12.7. The number of fused-ring (bicyclic) bond motifs is 1. The summed E-state index contributed by atoms with van der Waals surface area (Å²) in [6.45, 7) is 5.61. The van der Waals surface area contributed by atoms with Crippen LogP contribution in [0.4, 0.5) is 5.82 Å². The van der Waals surface area contributed by atoms with Crippen molar-refractivity contribution < 1.29 is 4.74 Å². The van der Waals surface area contributed by atoms with Crippen LogP contribution >= 0.6 is 0 Å². The van der Waals surface area contributed by atoms with Crippen molar-refractivity contribution in [3.05, 3.63) is 30.0 Å². The minimum atomic E-state index is 0.570. The van der Waals surface area contributed by atoms with Crippen molar-refractivity contribution in [2.75, 3.05) is 51.3 Å². The fraction of sp³-hybridized carbons (Fsp3) is 0.438. The Hall–Kier alpha value is -2.23. The maximum absolute atomic E-state index is 9.11. The van der Waals surface area contributed by atoms with E-state index in [9.17, 15) is 0 Å². The smallest absolute Gasteiger partial charge is 0.147 e. The first-order valence-electron chi connectivity index (χ1n) is 7.44. The highest BCUT2D eigenvalue weighted by Crippen LogP contribution is 2.19. The maximum atomic E-state index is 9.11. The highest BCUT2D eigenvalue weighted by Gasteiger charge is 2.18. The van der Waals surface area contributed by atoms with Gasteiger partial charge in [0.1, 0.15) is 17.4 Å². The number of piperazine rings is 1. The van der Waals surface area contributed by atoms with Crippen LogP contribution in [0.5, 0.6) is 0 Å². The lowest BCUT2D eigenvalue weighted by atomic mass is 10.2. The second-order valence-corrected chi connectivity index (χ2v) is 5.33. The van der Waals surface area contributed by atoms with E-state index in [1.807, 2.05) is 12.1 Å². The Balaban J connectivity index is 1.74. The number of benzene rings is 1. The molecule has 1 aliphatic heterocycles. The Morgan fingerprint density at radius 1 is 1.27 bits per heavy atom. The van der Waals surface area contributed by atoms with Crippen molar-refractivity contribution in [1.29, 1.82) is 5.26 Å². The summed E-state index contributed by atoms with van der Waals surface area (Å²) in [5.41, 5.74) is 2.02. The molecule has 6 nitrogen and oxygen atoms in total. The summed E-state index contributed by atoms with van der Waals surface area (Å²) < 4.78 is 5.12. The number of aromatic nitrogens is 2. The molecule has 1 aromatic heterocycles. The van der Waals surface area contributed by atoms with Crippen molar-refractivity contribution in [3.8, 4) is 6.07 Å². The summed E-state index contributed by atoms with van der Waals surface area (Å²) in [6, 6.07) is 7.68. The average molecular weight is 297 g/mol. The third-order valence-corrected chi connectivity index (χ3v) is 3.99. The lowest BCUT2D eigenvalue weighted by Crippen LogP contribution is -2.47. The van der Waals surface area contributed by atoms with Gasteiger partial charge in [0.05, 0.1) is 23.9 Å². The quantitative estimate of drug-likeness (QED) is 0.847. The number of rotatable bonds is 4. The van der Waals surface area contributed by atoms with Gasteiger partial charge in [0, 0.05) is 39.8 Å². The fourth-order valence-electron chi connectivity index (χ4n) is 2.70. The number of nitriles is 1. The average Bonchev–Trinajstić information content (AvgIpc) is 2.59. The zero-order chi connectivity index (χ0) is 15.4. The third-order valence-electron chi connectivity index (χ3n) is 3.99. The number of methoxy groups -OCH3 is 1. The van der Waals surface area contributed by atoms with Crippen molar-refractivity contribution in [2.24, 2.45) is 0 Å². The topological polar surface area (TPSA) is 65.3 Å². The number of ether oxygens (including phenoxy) is 1. The Morgan fingerprint density at radius 3 is 2.82 bits per heavy atom. The molecule has 2 aromatic rings. The molecule has 0 radical (unpaired) electrons. The van der Waals surface area contributed by atoms with E-state index in [2.05, 4.69) is 25.8 Å². The number of hydrogen-bond acceptors (Lipinski definition) is 6. The van der Waals surface area contributed by atoms with Gasteiger partial charge in [-0.05, 0) is 12.1 Å². The molecule has 22 heavy (non-hydrogen) atoms. The Kier molecular flexibility index (Phi) is 4.47. The molecule has 0 aliphatic carbocycles. The van der Waals surface area contributed by atoms with E-state index < -0.39 is 0 Å². The molecule has 1 fully saturated rings. The van der Waals surface area contributed by atoms with Gasteiger partial charge < -0.3 is 9.64 Å². The SMILES string of the molecule is COCCN1CCN(c2cnc3c(C#N)cccc3n2)CC1. The number of hydrogen-bond donors (Lipinski definition) is 0. The summed E-state index contributed by atoms with van der Waals surface area (Å²) >= 11 is 0. The molecule has 1 aromatic carbocycles.